The van der Waals surface area contributed by atoms with Crippen LogP contribution in [0.1, 0.15) is 25.7 Å². The summed E-state index contributed by atoms with van der Waals surface area (Å²) in [5, 5.41) is 9.25. The molecule has 2 nitrogen and oxygen atoms in total. The lowest BCUT2D eigenvalue weighted by molar-refractivity contribution is 0.0613. The Kier molecular flexibility index (Phi) is 3.93. The normalized spacial score (nSPS) is 23.5. The molecule has 0 atom stereocenters. The quantitative estimate of drug-likeness (QED) is 0.513. The molecule has 1 N–H and O–H groups in total. The first-order valence-electron chi connectivity index (χ1n) is 5.78. The lowest BCUT2D eigenvalue weighted by Gasteiger charge is -2.26. The Hall–Kier alpha value is -1.37. The largest absolute Gasteiger partial charge is 0.484 e. The summed E-state index contributed by atoms with van der Waals surface area (Å²) >= 11 is 0. The van der Waals surface area contributed by atoms with Crippen molar-refractivity contribution in [2.75, 3.05) is 0 Å². The predicted molar refractivity (Wildman–Crippen MR) is 55.1 cm³/mol. The summed E-state index contributed by atoms with van der Waals surface area (Å²) in [5.74, 6) is -11.4. The van der Waals surface area contributed by atoms with Crippen molar-refractivity contribution in [2.45, 2.75) is 37.9 Å². The van der Waals surface area contributed by atoms with Gasteiger partial charge in [-0.15, -0.1) is 0 Å². The summed E-state index contributed by atoms with van der Waals surface area (Å²) in [7, 11) is 0. The molecule has 0 heterocycles. The molecule has 0 saturated heterocycles. The van der Waals surface area contributed by atoms with Gasteiger partial charge in [0, 0.05) is 0 Å². The summed E-state index contributed by atoms with van der Waals surface area (Å²) in [6, 6.07) is 0. The first kappa shape index (κ1) is 14.0. The number of rotatable bonds is 2. The minimum Gasteiger partial charge on any atom is -0.484 e. The van der Waals surface area contributed by atoms with E-state index in [1.165, 1.54) is 0 Å². The lowest BCUT2D eigenvalue weighted by atomic mass is 9.95. The molecule has 0 radical (unpaired) electrons. The maximum Gasteiger partial charge on any atom is 0.207 e. The average molecular weight is 282 g/mol. The highest BCUT2D eigenvalue weighted by Gasteiger charge is 2.30. The number of hydrogen-bond donors (Lipinski definition) is 1. The minimum absolute atomic E-state index is 0.292. The molecule has 0 unspecified atom stereocenters. The molecular formula is C12H11F5O2. The van der Waals surface area contributed by atoms with Gasteiger partial charge in [0.05, 0.1) is 12.2 Å². The maximum atomic E-state index is 13.3. The van der Waals surface area contributed by atoms with E-state index in [4.69, 9.17) is 4.74 Å². The highest BCUT2D eigenvalue weighted by molar-refractivity contribution is 5.30. The summed E-state index contributed by atoms with van der Waals surface area (Å²) in [6.07, 6.45) is 0.120. The summed E-state index contributed by atoms with van der Waals surface area (Å²) in [4.78, 5) is 0. The van der Waals surface area contributed by atoms with Crippen molar-refractivity contribution in [1.29, 1.82) is 0 Å². The topological polar surface area (TPSA) is 29.5 Å². The molecule has 0 amide bonds. The van der Waals surface area contributed by atoms with E-state index >= 15 is 0 Å². The number of ether oxygens (including phenoxy) is 1. The monoisotopic (exact) mass is 282 g/mol. The van der Waals surface area contributed by atoms with Crippen LogP contribution in [0, 0.1) is 29.1 Å². The van der Waals surface area contributed by atoms with Gasteiger partial charge in [0.1, 0.15) is 0 Å². The number of aliphatic hydroxyl groups is 1. The molecular weight excluding hydrogens is 271 g/mol. The molecule has 1 fully saturated rings. The van der Waals surface area contributed by atoms with Crippen molar-refractivity contribution in [1.82, 2.24) is 0 Å². The summed E-state index contributed by atoms with van der Waals surface area (Å²) in [5.41, 5.74) is 0. The van der Waals surface area contributed by atoms with E-state index < -0.39 is 47.0 Å². The molecule has 0 spiro atoms. The number of halogens is 5. The van der Waals surface area contributed by atoms with E-state index in [-0.39, 0.29) is 0 Å². The van der Waals surface area contributed by atoms with Gasteiger partial charge in [-0.3, -0.25) is 0 Å². The van der Waals surface area contributed by atoms with E-state index in [0.29, 0.717) is 25.7 Å². The van der Waals surface area contributed by atoms with E-state index in [9.17, 15) is 27.1 Å². The SMILES string of the molecule is OC1CCC(Oc2c(F)c(F)c(F)c(F)c2F)CC1. The van der Waals surface area contributed by atoms with Crippen molar-refractivity contribution < 1.29 is 31.8 Å². The Bertz CT molecular complexity index is 454. The predicted octanol–water partition coefficient (Wildman–Crippen LogP) is 3.06. The summed E-state index contributed by atoms with van der Waals surface area (Å²) in [6.45, 7) is 0. The second-order valence-electron chi connectivity index (χ2n) is 4.45. The van der Waals surface area contributed by atoms with Crippen LogP contribution in [0.4, 0.5) is 22.0 Å². The maximum absolute atomic E-state index is 13.3. The minimum atomic E-state index is -2.21. The summed E-state index contributed by atoms with van der Waals surface area (Å²) < 4.78 is 70.2. The first-order valence-corrected chi connectivity index (χ1v) is 5.78. The fraction of sp³-hybridized carbons (Fsp3) is 0.500. The van der Waals surface area contributed by atoms with Crippen molar-refractivity contribution in [3.63, 3.8) is 0 Å². The van der Waals surface area contributed by atoms with E-state index in [1.807, 2.05) is 0 Å². The van der Waals surface area contributed by atoms with Gasteiger partial charge in [-0.25, -0.2) is 13.2 Å². The molecule has 1 aliphatic carbocycles. The van der Waals surface area contributed by atoms with Gasteiger partial charge >= 0.3 is 0 Å². The molecule has 0 aliphatic heterocycles. The smallest absolute Gasteiger partial charge is 0.207 e. The number of aliphatic hydroxyl groups excluding tert-OH is 1. The molecule has 19 heavy (non-hydrogen) atoms. The van der Waals surface area contributed by atoms with Gasteiger partial charge in [-0.1, -0.05) is 0 Å². The number of hydrogen-bond acceptors (Lipinski definition) is 2. The Morgan fingerprint density at radius 3 is 1.63 bits per heavy atom. The van der Waals surface area contributed by atoms with Gasteiger partial charge < -0.3 is 9.84 Å². The third-order valence-corrected chi connectivity index (χ3v) is 3.10. The molecule has 0 aromatic heterocycles. The Morgan fingerprint density at radius 1 is 0.737 bits per heavy atom. The average Bonchev–Trinajstić information content (AvgIpc) is 2.41. The Balaban J connectivity index is 2.25. The van der Waals surface area contributed by atoms with Crippen LogP contribution in [0.5, 0.6) is 5.75 Å². The van der Waals surface area contributed by atoms with Gasteiger partial charge in [0.25, 0.3) is 0 Å². The zero-order chi connectivity index (χ0) is 14.2. The number of benzene rings is 1. The second kappa shape index (κ2) is 5.32. The first-order chi connectivity index (χ1) is 8.91. The Labute approximate surface area is 105 Å². The van der Waals surface area contributed by atoms with Crippen molar-refractivity contribution in [3.8, 4) is 5.75 Å². The highest BCUT2D eigenvalue weighted by Crippen LogP contribution is 2.32. The van der Waals surface area contributed by atoms with Crippen molar-refractivity contribution in [3.05, 3.63) is 29.1 Å². The molecule has 106 valence electrons. The Morgan fingerprint density at radius 2 is 1.16 bits per heavy atom. The van der Waals surface area contributed by atoms with Crippen LogP contribution in [0.2, 0.25) is 0 Å². The molecule has 0 bridgehead atoms. The molecule has 2 rings (SSSR count). The van der Waals surface area contributed by atoms with Crippen LogP contribution in [-0.4, -0.2) is 17.3 Å². The van der Waals surface area contributed by atoms with Gasteiger partial charge in [0.2, 0.25) is 29.1 Å². The van der Waals surface area contributed by atoms with Crippen LogP contribution in [-0.2, 0) is 0 Å². The van der Waals surface area contributed by atoms with Gasteiger partial charge in [-0.2, -0.15) is 8.78 Å². The third-order valence-electron chi connectivity index (χ3n) is 3.10. The van der Waals surface area contributed by atoms with Crippen LogP contribution in [0.15, 0.2) is 0 Å². The zero-order valence-electron chi connectivity index (χ0n) is 9.73. The van der Waals surface area contributed by atoms with E-state index in [2.05, 4.69) is 0 Å². The standard InChI is InChI=1S/C12H11F5O2/c13-7-8(14)10(16)12(11(17)9(7)15)19-6-3-1-5(18)2-4-6/h5-6,18H,1-4H2. The van der Waals surface area contributed by atoms with Crippen LogP contribution in [0.3, 0.4) is 0 Å². The van der Waals surface area contributed by atoms with Crippen LogP contribution in [0.25, 0.3) is 0 Å². The van der Waals surface area contributed by atoms with Gasteiger partial charge in [0.15, 0.2) is 5.75 Å². The molecule has 7 heteroatoms. The fourth-order valence-corrected chi connectivity index (χ4v) is 2.02. The zero-order valence-corrected chi connectivity index (χ0v) is 9.73. The van der Waals surface area contributed by atoms with Crippen LogP contribution >= 0.6 is 0 Å². The second-order valence-corrected chi connectivity index (χ2v) is 4.45. The molecule has 1 aromatic carbocycles. The molecule has 1 aliphatic rings. The third kappa shape index (κ3) is 2.65. The van der Waals surface area contributed by atoms with Crippen molar-refractivity contribution >= 4 is 0 Å². The van der Waals surface area contributed by atoms with E-state index in [0.717, 1.165) is 0 Å². The molecule has 1 saturated carbocycles. The van der Waals surface area contributed by atoms with Crippen molar-refractivity contribution in [2.24, 2.45) is 0 Å². The lowest BCUT2D eigenvalue weighted by Crippen LogP contribution is -2.27. The van der Waals surface area contributed by atoms with Crippen LogP contribution < -0.4 is 4.74 Å². The van der Waals surface area contributed by atoms with E-state index in [1.54, 1.807) is 0 Å². The van der Waals surface area contributed by atoms with Gasteiger partial charge in [-0.05, 0) is 25.7 Å². The molecule has 1 aromatic rings. The fourth-order valence-electron chi connectivity index (χ4n) is 2.02. The highest BCUT2D eigenvalue weighted by atomic mass is 19.2.